The Labute approximate surface area is 361 Å². The van der Waals surface area contributed by atoms with Crippen molar-refractivity contribution in [2.45, 2.75) is 102 Å². The summed E-state index contributed by atoms with van der Waals surface area (Å²) in [5, 5.41) is 10.6. The van der Waals surface area contributed by atoms with E-state index in [0.29, 0.717) is 40.6 Å². The summed E-state index contributed by atoms with van der Waals surface area (Å²) in [6.45, 7) is 12.4. The van der Waals surface area contributed by atoms with Crippen molar-refractivity contribution in [3.63, 3.8) is 0 Å². The lowest BCUT2D eigenvalue weighted by atomic mass is 9.86. The van der Waals surface area contributed by atoms with Crippen LogP contribution in [0, 0.1) is 11.7 Å². The minimum Gasteiger partial charge on any atom is -0.494 e. The number of amides is 3. The molecular weight excluding hydrogens is 794 g/mol. The Hall–Kier alpha value is -5.35. The van der Waals surface area contributed by atoms with E-state index >= 15 is 0 Å². The third kappa shape index (κ3) is 8.55. The third-order valence-corrected chi connectivity index (χ3v) is 13.9. The van der Waals surface area contributed by atoms with Gasteiger partial charge in [0.2, 0.25) is 11.8 Å². The highest BCUT2D eigenvalue weighted by Crippen LogP contribution is 2.43. The van der Waals surface area contributed by atoms with Crippen LogP contribution in [0.2, 0.25) is 0 Å². The molecule has 2 N–H and O–H groups in total. The van der Waals surface area contributed by atoms with Crippen molar-refractivity contribution in [3.8, 4) is 11.5 Å². The Morgan fingerprint density at radius 1 is 1.00 bits per heavy atom. The van der Waals surface area contributed by atoms with E-state index in [1.807, 2.05) is 25.1 Å². The number of piperazine rings is 1. The monoisotopic (exact) mass is 851 g/mol. The van der Waals surface area contributed by atoms with Crippen LogP contribution < -0.4 is 19.7 Å². The van der Waals surface area contributed by atoms with Gasteiger partial charge in [-0.05, 0) is 95.5 Å². The lowest BCUT2D eigenvalue weighted by Gasteiger charge is -2.40. The van der Waals surface area contributed by atoms with E-state index in [1.165, 1.54) is 6.07 Å². The number of methoxy groups -OCH3 is 1. The molecule has 15 nitrogen and oxygen atoms in total. The lowest BCUT2D eigenvalue weighted by Crippen LogP contribution is -2.52. The molecule has 4 aliphatic heterocycles. The van der Waals surface area contributed by atoms with Gasteiger partial charge in [0, 0.05) is 87.9 Å². The Balaban J connectivity index is 0.726. The second-order valence-electron chi connectivity index (χ2n) is 18.0. The molecular formula is C46H58FN9O6. The van der Waals surface area contributed by atoms with Gasteiger partial charge in [0.15, 0.2) is 11.6 Å². The van der Waals surface area contributed by atoms with Crippen molar-refractivity contribution < 1.29 is 33.0 Å². The predicted octanol–water partition coefficient (Wildman–Crippen LogP) is 5.23. The summed E-state index contributed by atoms with van der Waals surface area (Å²) in [5.74, 6) is 0.982. The average molecular weight is 852 g/mol. The summed E-state index contributed by atoms with van der Waals surface area (Å²) in [6, 6.07) is 6.31. The molecule has 2 aliphatic carbocycles. The first-order valence-electron chi connectivity index (χ1n) is 22.3. The predicted molar refractivity (Wildman–Crippen MR) is 234 cm³/mol. The van der Waals surface area contributed by atoms with Gasteiger partial charge in [0.1, 0.15) is 28.9 Å². The molecule has 0 spiro atoms. The number of ether oxygens (including phenoxy) is 3. The molecule has 6 aliphatic rings. The normalized spacial score (nSPS) is 25.0. The first-order valence-corrected chi connectivity index (χ1v) is 22.3. The average Bonchev–Trinajstić information content (AvgIpc) is 3.72. The molecule has 1 aromatic heterocycles. The molecule has 2 saturated carbocycles. The fourth-order valence-electron chi connectivity index (χ4n) is 9.99. The number of aromatic amines is 1. The second-order valence-corrected chi connectivity index (χ2v) is 18.0. The molecule has 16 heteroatoms. The van der Waals surface area contributed by atoms with E-state index in [1.54, 1.807) is 25.1 Å². The molecule has 62 heavy (non-hydrogen) atoms. The first kappa shape index (κ1) is 42.0. The molecule has 1 unspecified atom stereocenters. The fraction of sp³-hybridized carbons (Fsp3) is 0.565. The zero-order valence-electron chi connectivity index (χ0n) is 36.1. The molecule has 9 rings (SSSR count). The number of carbonyl (C=O) groups is 3. The number of H-pyrrole nitrogens is 1. The van der Waals surface area contributed by atoms with E-state index in [4.69, 9.17) is 14.2 Å². The zero-order valence-corrected chi connectivity index (χ0v) is 36.1. The van der Waals surface area contributed by atoms with Gasteiger partial charge in [-0.3, -0.25) is 34.7 Å². The lowest BCUT2D eigenvalue weighted by molar-refractivity contribution is -0.136. The van der Waals surface area contributed by atoms with E-state index in [-0.39, 0.29) is 48.3 Å². The molecule has 2 aromatic carbocycles. The smallest absolute Gasteiger partial charge is 0.255 e. The van der Waals surface area contributed by atoms with Crippen molar-refractivity contribution in [1.29, 1.82) is 0 Å². The van der Waals surface area contributed by atoms with Gasteiger partial charge in [0.05, 0.1) is 42.8 Å². The van der Waals surface area contributed by atoms with Gasteiger partial charge < -0.3 is 28.9 Å². The summed E-state index contributed by atoms with van der Waals surface area (Å²) >= 11 is 0. The van der Waals surface area contributed by atoms with Crippen molar-refractivity contribution in [3.05, 3.63) is 58.8 Å². The summed E-state index contributed by atoms with van der Waals surface area (Å²) in [5.41, 5.74) is 3.85. The van der Waals surface area contributed by atoms with Crippen molar-refractivity contribution in [1.82, 2.24) is 30.2 Å². The molecule has 330 valence electrons. The number of halogens is 1. The number of hydrogen-bond acceptors (Lipinski definition) is 12. The van der Waals surface area contributed by atoms with E-state index in [2.05, 4.69) is 46.9 Å². The Morgan fingerprint density at radius 2 is 1.74 bits per heavy atom. The number of allylic oxidation sites excluding steroid dienone is 1. The molecule has 3 amide bonds. The number of nitrogens with one attached hydrogen (secondary N) is 2. The van der Waals surface area contributed by atoms with Crippen LogP contribution in [-0.4, -0.2) is 139 Å². The molecule has 5 heterocycles. The fourth-order valence-corrected chi connectivity index (χ4v) is 9.99. The third-order valence-electron chi connectivity index (χ3n) is 13.9. The molecule has 3 aromatic rings. The Morgan fingerprint density at radius 3 is 2.42 bits per heavy atom. The van der Waals surface area contributed by atoms with Crippen LogP contribution in [0.1, 0.15) is 92.7 Å². The van der Waals surface area contributed by atoms with Gasteiger partial charge in [0.25, 0.3) is 5.91 Å². The number of hydrogen-bond donors (Lipinski definition) is 2. The van der Waals surface area contributed by atoms with Crippen LogP contribution in [0.4, 0.5) is 10.1 Å². The molecule has 3 saturated heterocycles. The van der Waals surface area contributed by atoms with Crippen LogP contribution in [0.5, 0.6) is 11.5 Å². The Kier molecular flexibility index (Phi) is 11.8. The topological polar surface area (TPSA) is 157 Å². The molecule has 0 radical (unpaired) electrons. The van der Waals surface area contributed by atoms with E-state index < -0.39 is 17.8 Å². The number of rotatable bonds is 13. The summed E-state index contributed by atoms with van der Waals surface area (Å²) < 4.78 is 33.5. The number of nitrogens with zero attached hydrogens (tertiary/aromatic N) is 7. The number of benzene rings is 2. The minimum atomic E-state index is -0.661. The van der Waals surface area contributed by atoms with Crippen molar-refractivity contribution in [2.75, 3.05) is 64.9 Å². The summed E-state index contributed by atoms with van der Waals surface area (Å²) in [7, 11) is 3.36. The number of fused-ring (bicyclic) bond motifs is 2. The SMILES string of the molecule is C=N/C(=C\C(=NC)c1n[nH]c2cc(F)c(OC3(C)CC3)cc12)N1CCN(CC2CCC(OC3CCN(c4ccc5c(c4OC)CN(C4CCC(=O)NC4=O)C5=O)CC3)CC2)CC1. The van der Waals surface area contributed by atoms with Gasteiger partial charge in [-0.15, -0.1) is 0 Å². The zero-order chi connectivity index (χ0) is 43.1. The highest BCUT2D eigenvalue weighted by atomic mass is 19.1. The van der Waals surface area contributed by atoms with E-state index in [0.717, 1.165) is 120 Å². The maximum atomic E-state index is 14.8. The van der Waals surface area contributed by atoms with Gasteiger partial charge >= 0.3 is 0 Å². The van der Waals surface area contributed by atoms with Crippen molar-refractivity contribution in [2.24, 2.45) is 15.9 Å². The maximum Gasteiger partial charge on any atom is 0.255 e. The summed E-state index contributed by atoms with van der Waals surface area (Å²) in [6.07, 6.45) is 11.1. The van der Waals surface area contributed by atoms with Gasteiger partial charge in [-0.2, -0.15) is 5.10 Å². The number of imide groups is 1. The molecule has 0 bridgehead atoms. The highest BCUT2D eigenvalue weighted by Gasteiger charge is 2.42. The number of piperidine rings is 2. The van der Waals surface area contributed by atoms with E-state index in [9.17, 15) is 18.8 Å². The van der Waals surface area contributed by atoms with Crippen LogP contribution in [-0.2, 0) is 20.9 Å². The summed E-state index contributed by atoms with van der Waals surface area (Å²) in [4.78, 5) is 55.3. The van der Waals surface area contributed by atoms with Crippen molar-refractivity contribution >= 4 is 46.7 Å². The quantitative estimate of drug-likeness (QED) is 0.173. The number of carbonyl (C=O) groups excluding carboxylic acids is 3. The largest absolute Gasteiger partial charge is 0.494 e. The van der Waals surface area contributed by atoms with Crippen LogP contribution in [0.25, 0.3) is 10.9 Å². The highest BCUT2D eigenvalue weighted by molar-refractivity contribution is 6.15. The van der Waals surface area contributed by atoms with Crippen LogP contribution in [0.3, 0.4) is 0 Å². The standard InChI is InChI=1S/C46H58FN9O6/c1-46(15-16-46)62-39-23-32-35(24-34(39)47)51-52-42(32)36(48-2)25-40(49-3)55-21-19-53(20-22-55)26-28-5-7-29(8-6-28)61-30-13-17-54(18-14-30)37-10-9-31-33(43(37)60-4)27-56(45(31)59)38-11-12-41(57)50-44(38)58/h9-10,23-25,28-30,38H,3,5-8,11-22,26-27H2,1-2,4H3,(H,51,52)(H,50,57,58)/b40-25+,48-36?. The Bertz CT molecular complexity index is 2280. The maximum absolute atomic E-state index is 14.8. The number of aromatic nitrogens is 2. The second kappa shape index (κ2) is 17.4. The van der Waals surface area contributed by atoms with Gasteiger partial charge in [-0.25, -0.2) is 9.38 Å². The van der Waals surface area contributed by atoms with Gasteiger partial charge in [-0.1, -0.05) is 0 Å². The van der Waals surface area contributed by atoms with Crippen LogP contribution >= 0.6 is 0 Å². The molecule has 5 fully saturated rings. The minimum absolute atomic E-state index is 0.200. The number of aliphatic imine (C=N–C) groups is 2. The van der Waals surface area contributed by atoms with Crippen LogP contribution in [0.15, 0.2) is 46.1 Å². The molecule has 1 atom stereocenters. The number of anilines is 1. The first-order chi connectivity index (χ1) is 30.0.